The zero-order valence-electron chi connectivity index (χ0n) is 13.0. The smallest absolute Gasteiger partial charge is 0.242 e. The predicted molar refractivity (Wildman–Crippen MR) is 88.0 cm³/mol. The first kappa shape index (κ1) is 16.5. The molecular weight excluding hydrogens is 336 g/mol. The van der Waals surface area contributed by atoms with Gasteiger partial charge >= 0.3 is 0 Å². The van der Waals surface area contributed by atoms with E-state index in [0.717, 1.165) is 30.6 Å². The molecule has 2 aliphatic rings. The van der Waals surface area contributed by atoms with Crippen LogP contribution in [0.1, 0.15) is 30.6 Å². The van der Waals surface area contributed by atoms with Crippen LogP contribution in [0.2, 0.25) is 4.34 Å². The third-order valence-corrected chi connectivity index (χ3v) is 5.89. The number of amides is 3. The van der Waals surface area contributed by atoms with Crippen molar-refractivity contribution in [2.24, 2.45) is 11.8 Å². The molecule has 0 radical (unpaired) electrons. The lowest BCUT2D eigenvalue weighted by Crippen LogP contribution is -2.41. The normalized spacial score (nSPS) is 24.0. The van der Waals surface area contributed by atoms with Crippen molar-refractivity contribution in [1.82, 2.24) is 9.80 Å². The van der Waals surface area contributed by atoms with Crippen molar-refractivity contribution >= 4 is 40.7 Å². The summed E-state index contributed by atoms with van der Waals surface area (Å²) >= 11 is 7.30. The van der Waals surface area contributed by atoms with E-state index in [-0.39, 0.29) is 36.1 Å². The molecule has 5 nitrogen and oxygen atoms in total. The van der Waals surface area contributed by atoms with Gasteiger partial charge in [0.2, 0.25) is 17.7 Å². The highest BCUT2D eigenvalue weighted by molar-refractivity contribution is 7.16. The quantitative estimate of drug-likeness (QED) is 0.781. The van der Waals surface area contributed by atoms with Crippen molar-refractivity contribution in [3.63, 3.8) is 0 Å². The van der Waals surface area contributed by atoms with Crippen LogP contribution in [0.25, 0.3) is 0 Å². The van der Waals surface area contributed by atoms with Gasteiger partial charge in [0, 0.05) is 11.9 Å². The molecule has 0 bridgehead atoms. The lowest BCUT2D eigenvalue weighted by Gasteiger charge is -2.20. The number of imide groups is 1. The first-order valence-electron chi connectivity index (χ1n) is 7.81. The SMILES string of the molecule is CN(Cc1ccc(Cl)s1)C(=O)CN1C(=O)C2CCCCC2C1=O. The molecule has 1 saturated heterocycles. The number of fused-ring (bicyclic) bond motifs is 1. The number of hydrogen-bond donors (Lipinski definition) is 0. The molecular formula is C16H19ClN2O3S. The Morgan fingerprint density at radius 3 is 2.39 bits per heavy atom. The Balaban J connectivity index is 1.62. The Labute approximate surface area is 144 Å². The molecule has 1 aliphatic heterocycles. The summed E-state index contributed by atoms with van der Waals surface area (Å²) in [7, 11) is 1.67. The number of hydrogen-bond acceptors (Lipinski definition) is 4. The zero-order valence-corrected chi connectivity index (χ0v) is 14.5. The molecule has 2 fully saturated rings. The first-order valence-corrected chi connectivity index (χ1v) is 9.00. The Morgan fingerprint density at radius 2 is 1.87 bits per heavy atom. The van der Waals surface area contributed by atoms with Crippen LogP contribution in [0.15, 0.2) is 12.1 Å². The summed E-state index contributed by atoms with van der Waals surface area (Å²) in [5.41, 5.74) is 0. The molecule has 23 heavy (non-hydrogen) atoms. The maximum Gasteiger partial charge on any atom is 0.242 e. The number of halogens is 1. The molecule has 2 atom stereocenters. The Bertz CT molecular complexity index is 621. The molecule has 3 amide bonds. The number of carbonyl (C=O) groups excluding carboxylic acids is 3. The van der Waals surface area contributed by atoms with Crippen molar-refractivity contribution in [2.75, 3.05) is 13.6 Å². The van der Waals surface area contributed by atoms with Gasteiger partial charge in [-0.25, -0.2) is 0 Å². The Hall–Kier alpha value is -1.40. The van der Waals surface area contributed by atoms with E-state index in [1.54, 1.807) is 13.1 Å². The number of rotatable bonds is 4. The van der Waals surface area contributed by atoms with E-state index in [4.69, 9.17) is 11.6 Å². The summed E-state index contributed by atoms with van der Waals surface area (Å²) in [5.74, 6) is -0.966. The molecule has 2 heterocycles. The minimum atomic E-state index is -0.227. The largest absolute Gasteiger partial charge is 0.339 e. The van der Waals surface area contributed by atoms with E-state index >= 15 is 0 Å². The van der Waals surface area contributed by atoms with Gasteiger partial charge in [-0.1, -0.05) is 24.4 Å². The molecule has 1 aromatic heterocycles. The van der Waals surface area contributed by atoms with Crippen molar-refractivity contribution in [2.45, 2.75) is 32.2 Å². The summed E-state index contributed by atoms with van der Waals surface area (Å²) in [6, 6.07) is 3.66. The Kier molecular flexibility index (Phi) is 4.73. The fraction of sp³-hybridized carbons (Fsp3) is 0.562. The van der Waals surface area contributed by atoms with Gasteiger partial charge < -0.3 is 4.90 Å². The van der Waals surface area contributed by atoms with Crippen molar-refractivity contribution in [3.8, 4) is 0 Å². The minimum absolute atomic E-state index is 0.153. The zero-order chi connectivity index (χ0) is 16.6. The number of likely N-dealkylation sites (N-methyl/N-ethyl adjacent to an activating group) is 1. The van der Waals surface area contributed by atoms with Crippen molar-refractivity contribution < 1.29 is 14.4 Å². The number of carbonyl (C=O) groups is 3. The van der Waals surface area contributed by atoms with Crippen LogP contribution in [0.3, 0.4) is 0 Å². The minimum Gasteiger partial charge on any atom is -0.339 e. The van der Waals surface area contributed by atoms with Crippen LogP contribution in [-0.2, 0) is 20.9 Å². The monoisotopic (exact) mass is 354 g/mol. The molecule has 2 unspecified atom stereocenters. The van der Waals surface area contributed by atoms with Crippen LogP contribution in [0.4, 0.5) is 0 Å². The highest BCUT2D eigenvalue weighted by atomic mass is 35.5. The highest BCUT2D eigenvalue weighted by Crippen LogP contribution is 2.37. The number of likely N-dealkylation sites (tertiary alicyclic amines) is 1. The van der Waals surface area contributed by atoms with E-state index in [1.807, 2.05) is 6.07 Å². The molecule has 124 valence electrons. The maximum absolute atomic E-state index is 12.4. The second-order valence-electron chi connectivity index (χ2n) is 6.22. The van der Waals surface area contributed by atoms with Gasteiger partial charge in [0.15, 0.2) is 0 Å². The average Bonchev–Trinajstić information content (AvgIpc) is 3.04. The number of thiophene rings is 1. The summed E-state index contributed by atoms with van der Waals surface area (Å²) in [4.78, 5) is 40.8. The van der Waals surface area contributed by atoms with Crippen LogP contribution in [-0.4, -0.2) is 41.1 Å². The highest BCUT2D eigenvalue weighted by Gasteiger charge is 2.48. The molecule has 0 spiro atoms. The van der Waals surface area contributed by atoms with E-state index in [0.29, 0.717) is 10.9 Å². The molecule has 1 aliphatic carbocycles. The Morgan fingerprint density at radius 1 is 1.26 bits per heavy atom. The predicted octanol–water partition coefficient (Wildman–Crippen LogP) is 2.54. The van der Waals surface area contributed by atoms with Crippen LogP contribution in [0, 0.1) is 11.8 Å². The fourth-order valence-electron chi connectivity index (χ4n) is 3.40. The third kappa shape index (κ3) is 3.28. The summed E-state index contributed by atoms with van der Waals surface area (Å²) in [5, 5.41) is 0. The van der Waals surface area contributed by atoms with Gasteiger partial charge in [-0.05, 0) is 25.0 Å². The van der Waals surface area contributed by atoms with E-state index in [1.165, 1.54) is 21.1 Å². The topological polar surface area (TPSA) is 57.7 Å². The fourth-order valence-corrected chi connectivity index (χ4v) is 4.54. The summed E-state index contributed by atoms with van der Waals surface area (Å²) in [6.45, 7) is 0.277. The van der Waals surface area contributed by atoms with Gasteiger partial charge in [0.05, 0.1) is 22.7 Å². The van der Waals surface area contributed by atoms with E-state index < -0.39 is 0 Å². The summed E-state index contributed by atoms with van der Waals surface area (Å²) in [6.07, 6.45) is 3.51. The average molecular weight is 355 g/mol. The molecule has 3 rings (SSSR count). The third-order valence-electron chi connectivity index (χ3n) is 4.67. The maximum atomic E-state index is 12.4. The van der Waals surface area contributed by atoms with Gasteiger partial charge in [0.25, 0.3) is 0 Å². The summed E-state index contributed by atoms with van der Waals surface area (Å²) < 4.78 is 0.676. The van der Waals surface area contributed by atoms with E-state index in [2.05, 4.69) is 0 Å². The second-order valence-corrected chi connectivity index (χ2v) is 8.02. The van der Waals surface area contributed by atoms with Crippen LogP contribution >= 0.6 is 22.9 Å². The molecule has 0 aromatic carbocycles. The van der Waals surface area contributed by atoms with Gasteiger partial charge in [-0.2, -0.15) is 0 Å². The molecule has 1 aromatic rings. The molecule has 0 N–H and O–H groups in total. The van der Waals surface area contributed by atoms with Gasteiger partial charge in [-0.15, -0.1) is 11.3 Å². The molecule has 7 heteroatoms. The number of nitrogens with zero attached hydrogens (tertiary/aromatic N) is 2. The lowest BCUT2D eigenvalue weighted by atomic mass is 9.81. The van der Waals surface area contributed by atoms with E-state index in [9.17, 15) is 14.4 Å². The van der Waals surface area contributed by atoms with Crippen LogP contribution < -0.4 is 0 Å². The van der Waals surface area contributed by atoms with Gasteiger partial charge in [0.1, 0.15) is 6.54 Å². The van der Waals surface area contributed by atoms with Crippen molar-refractivity contribution in [3.05, 3.63) is 21.3 Å². The van der Waals surface area contributed by atoms with Gasteiger partial charge in [-0.3, -0.25) is 19.3 Å². The second kappa shape index (κ2) is 6.61. The van der Waals surface area contributed by atoms with Crippen molar-refractivity contribution in [1.29, 1.82) is 0 Å². The lowest BCUT2D eigenvalue weighted by molar-refractivity contribution is -0.146. The first-order chi connectivity index (χ1) is 11.0. The standard InChI is InChI=1S/C16H19ClN2O3S/c1-18(8-10-6-7-13(17)23-10)14(20)9-19-15(21)11-4-2-3-5-12(11)16(19)22/h6-7,11-12H,2-5,8-9H2,1H3. The molecule has 1 saturated carbocycles. The van der Waals surface area contributed by atoms with Crippen LogP contribution in [0.5, 0.6) is 0 Å².